The van der Waals surface area contributed by atoms with Crippen molar-refractivity contribution in [3.05, 3.63) is 27.4 Å². The van der Waals surface area contributed by atoms with Gasteiger partial charge in [0.1, 0.15) is 0 Å². The van der Waals surface area contributed by atoms with Crippen LogP contribution in [0.1, 0.15) is 38.7 Å². The number of halogens is 1. The van der Waals surface area contributed by atoms with E-state index in [1.165, 1.54) is 21.3 Å². The van der Waals surface area contributed by atoms with Gasteiger partial charge in [0.05, 0.1) is 37.5 Å². The Kier molecular flexibility index (Phi) is 6.75. The molecule has 1 atom stereocenters. The summed E-state index contributed by atoms with van der Waals surface area (Å²) in [5.41, 5.74) is 1.55. The van der Waals surface area contributed by atoms with E-state index in [2.05, 4.69) is 21.2 Å². The quantitative estimate of drug-likeness (QED) is 0.681. The molecule has 1 aliphatic heterocycles. The summed E-state index contributed by atoms with van der Waals surface area (Å²) < 4.78 is 22.3. The largest absolute Gasteiger partial charge is 0.493 e. The predicted octanol–water partition coefficient (Wildman–Crippen LogP) is 3.30. The van der Waals surface area contributed by atoms with E-state index in [0.29, 0.717) is 38.6 Å². The van der Waals surface area contributed by atoms with E-state index >= 15 is 0 Å². The number of methoxy groups -OCH3 is 3. The van der Waals surface area contributed by atoms with E-state index in [1.807, 2.05) is 0 Å². The highest BCUT2D eigenvalue weighted by Gasteiger charge is 2.36. The molecular formula is C19H24BrNO6. The van der Waals surface area contributed by atoms with Crippen molar-refractivity contribution in [2.24, 2.45) is 0 Å². The maximum absolute atomic E-state index is 12.7. The van der Waals surface area contributed by atoms with Gasteiger partial charge >= 0.3 is 5.97 Å². The zero-order chi connectivity index (χ0) is 20.3. The Morgan fingerprint density at radius 2 is 1.81 bits per heavy atom. The Balaban J connectivity index is 2.67. The standard InChI is InChI=1S/C19H24BrNO6/c1-9(2)27-19(23)15-10(3)21-14(22)8-11(15)12-7-13(24-4)17(25-5)18(26-6)16(12)20/h7,9,11H,8H2,1-6H3,(H,21,22)/t11-/m1/s1. The Hall–Kier alpha value is -2.22. The second kappa shape index (κ2) is 8.65. The first-order valence-electron chi connectivity index (χ1n) is 8.45. The number of nitrogens with one attached hydrogen (secondary N) is 1. The monoisotopic (exact) mass is 441 g/mol. The number of rotatable bonds is 6. The van der Waals surface area contributed by atoms with E-state index in [1.54, 1.807) is 26.8 Å². The minimum absolute atomic E-state index is 0.0944. The maximum Gasteiger partial charge on any atom is 0.336 e. The van der Waals surface area contributed by atoms with Crippen LogP contribution in [0.25, 0.3) is 0 Å². The first-order valence-corrected chi connectivity index (χ1v) is 9.24. The molecule has 0 bridgehead atoms. The third-order valence-electron chi connectivity index (χ3n) is 4.20. The summed E-state index contributed by atoms with van der Waals surface area (Å²) in [6.45, 7) is 5.24. The SMILES string of the molecule is COc1cc([C@H]2CC(=O)NC(C)=C2C(=O)OC(C)C)c(Br)c(OC)c1OC. The summed E-state index contributed by atoms with van der Waals surface area (Å²) >= 11 is 3.53. The second-order valence-electron chi connectivity index (χ2n) is 6.35. The highest BCUT2D eigenvalue weighted by Crippen LogP contribution is 2.49. The molecule has 7 nitrogen and oxygen atoms in total. The van der Waals surface area contributed by atoms with Gasteiger partial charge in [0.15, 0.2) is 11.5 Å². The molecule has 148 valence electrons. The molecule has 0 fully saturated rings. The van der Waals surface area contributed by atoms with Crippen LogP contribution in [0.2, 0.25) is 0 Å². The van der Waals surface area contributed by atoms with Gasteiger partial charge in [-0.05, 0) is 48.3 Å². The summed E-state index contributed by atoms with van der Waals surface area (Å²) in [4.78, 5) is 24.9. The van der Waals surface area contributed by atoms with Crippen LogP contribution in [0, 0.1) is 0 Å². The van der Waals surface area contributed by atoms with Crippen LogP contribution in [0.4, 0.5) is 0 Å². The number of allylic oxidation sites excluding steroid dienone is 1. The molecule has 1 heterocycles. The average Bonchev–Trinajstić information content (AvgIpc) is 2.59. The highest BCUT2D eigenvalue weighted by molar-refractivity contribution is 9.10. The summed E-state index contributed by atoms with van der Waals surface area (Å²) in [6, 6.07) is 1.74. The van der Waals surface area contributed by atoms with Gasteiger partial charge in [-0.3, -0.25) is 4.79 Å². The predicted molar refractivity (Wildman–Crippen MR) is 103 cm³/mol. The van der Waals surface area contributed by atoms with E-state index < -0.39 is 11.9 Å². The Bertz CT molecular complexity index is 787. The molecule has 1 aromatic carbocycles. The van der Waals surface area contributed by atoms with E-state index in [9.17, 15) is 9.59 Å². The number of carbonyl (C=O) groups excluding carboxylic acids is 2. The van der Waals surface area contributed by atoms with Crippen molar-refractivity contribution < 1.29 is 28.5 Å². The van der Waals surface area contributed by atoms with Crippen LogP contribution in [0.15, 0.2) is 21.8 Å². The molecule has 0 radical (unpaired) electrons. The fraction of sp³-hybridized carbons (Fsp3) is 0.474. The molecule has 0 saturated carbocycles. The van der Waals surface area contributed by atoms with E-state index in [0.717, 1.165) is 0 Å². The maximum atomic E-state index is 12.7. The summed E-state index contributed by atoms with van der Waals surface area (Å²) in [5, 5.41) is 2.72. The van der Waals surface area contributed by atoms with Gasteiger partial charge in [-0.2, -0.15) is 0 Å². The molecule has 0 spiro atoms. The molecule has 0 aromatic heterocycles. The van der Waals surface area contributed by atoms with E-state index in [4.69, 9.17) is 18.9 Å². The second-order valence-corrected chi connectivity index (χ2v) is 7.14. The molecule has 8 heteroatoms. The smallest absolute Gasteiger partial charge is 0.336 e. The lowest BCUT2D eigenvalue weighted by Gasteiger charge is -2.29. The zero-order valence-corrected chi connectivity index (χ0v) is 17.9. The fourth-order valence-electron chi connectivity index (χ4n) is 3.11. The molecule has 0 aliphatic carbocycles. The van der Waals surface area contributed by atoms with Gasteiger partial charge in [-0.15, -0.1) is 0 Å². The number of ether oxygens (including phenoxy) is 4. The molecular weight excluding hydrogens is 418 g/mol. The molecule has 2 rings (SSSR count). The Labute approximate surface area is 167 Å². The van der Waals surface area contributed by atoms with Gasteiger partial charge in [0.25, 0.3) is 0 Å². The van der Waals surface area contributed by atoms with Gasteiger partial charge in [0.2, 0.25) is 11.7 Å². The van der Waals surface area contributed by atoms with Gasteiger partial charge in [-0.1, -0.05) is 0 Å². The molecule has 1 amide bonds. The van der Waals surface area contributed by atoms with Crippen molar-refractivity contribution in [3.63, 3.8) is 0 Å². The molecule has 1 aromatic rings. The normalized spacial score (nSPS) is 16.9. The van der Waals surface area contributed by atoms with Crippen molar-refractivity contribution in [2.75, 3.05) is 21.3 Å². The van der Waals surface area contributed by atoms with Crippen LogP contribution < -0.4 is 19.5 Å². The topological polar surface area (TPSA) is 83.1 Å². The van der Waals surface area contributed by atoms with Crippen molar-refractivity contribution in [1.29, 1.82) is 0 Å². The van der Waals surface area contributed by atoms with Gasteiger partial charge in [-0.25, -0.2) is 4.79 Å². The van der Waals surface area contributed by atoms with Gasteiger partial charge < -0.3 is 24.3 Å². The molecule has 1 aliphatic rings. The number of carbonyl (C=O) groups is 2. The van der Waals surface area contributed by atoms with Crippen molar-refractivity contribution in [3.8, 4) is 17.2 Å². The lowest BCUT2D eigenvalue weighted by atomic mass is 9.84. The zero-order valence-electron chi connectivity index (χ0n) is 16.3. The molecule has 1 N–H and O–H groups in total. The lowest BCUT2D eigenvalue weighted by molar-refractivity contribution is -0.143. The van der Waals surface area contributed by atoms with Gasteiger partial charge in [0, 0.05) is 18.0 Å². The molecule has 0 saturated heterocycles. The van der Waals surface area contributed by atoms with Crippen LogP contribution in [-0.4, -0.2) is 39.3 Å². The minimum Gasteiger partial charge on any atom is -0.493 e. The van der Waals surface area contributed by atoms with Crippen LogP contribution in [-0.2, 0) is 14.3 Å². The summed E-state index contributed by atoms with van der Waals surface area (Å²) in [6.07, 6.45) is -0.184. The molecule has 27 heavy (non-hydrogen) atoms. The Morgan fingerprint density at radius 1 is 1.19 bits per heavy atom. The summed E-state index contributed by atoms with van der Waals surface area (Å²) in [5.74, 6) is 0.114. The number of esters is 1. The molecule has 0 unspecified atom stereocenters. The highest BCUT2D eigenvalue weighted by atomic mass is 79.9. The third kappa shape index (κ3) is 4.21. The number of amides is 1. The number of hydrogen-bond acceptors (Lipinski definition) is 6. The number of hydrogen-bond donors (Lipinski definition) is 1. The van der Waals surface area contributed by atoms with Crippen LogP contribution in [0.3, 0.4) is 0 Å². The minimum atomic E-state index is -0.520. The lowest BCUT2D eigenvalue weighted by Crippen LogP contribution is -2.34. The van der Waals surface area contributed by atoms with Crippen molar-refractivity contribution >= 4 is 27.8 Å². The Morgan fingerprint density at radius 3 is 2.33 bits per heavy atom. The first-order chi connectivity index (χ1) is 12.7. The average molecular weight is 442 g/mol. The number of benzene rings is 1. The van der Waals surface area contributed by atoms with Crippen molar-refractivity contribution in [1.82, 2.24) is 5.32 Å². The first kappa shape index (κ1) is 21.1. The van der Waals surface area contributed by atoms with E-state index in [-0.39, 0.29) is 18.4 Å². The fourth-order valence-corrected chi connectivity index (χ4v) is 3.84. The van der Waals surface area contributed by atoms with Crippen LogP contribution >= 0.6 is 15.9 Å². The van der Waals surface area contributed by atoms with Crippen molar-refractivity contribution in [2.45, 2.75) is 39.2 Å². The third-order valence-corrected chi connectivity index (χ3v) is 5.02. The van der Waals surface area contributed by atoms with Crippen LogP contribution in [0.5, 0.6) is 17.2 Å². The summed E-state index contributed by atoms with van der Waals surface area (Å²) in [7, 11) is 4.53.